The minimum atomic E-state index is -1.12. The van der Waals surface area contributed by atoms with Gasteiger partial charge in [-0.3, -0.25) is 5.43 Å². The number of amides is 2. The number of nitrogens with zero attached hydrogens (tertiary/aromatic N) is 1. The van der Waals surface area contributed by atoms with Crippen LogP contribution < -0.4 is 30.3 Å². The summed E-state index contributed by atoms with van der Waals surface area (Å²) in [7, 11) is 1.28. The van der Waals surface area contributed by atoms with E-state index in [1.807, 2.05) is 50.2 Å². The SMILES string of the molecule is CCOc1cc([C@H]2NC(=O)NC(C)=C2C(=O)OC)ccc1OC[C@@H](O)N/N=C\c1ccc(OCc2cccc(C)c2)c(Br)c1. The van der Waals surface area contributed by atoms with Gasteiger partial charge in [0.25, 0.3) is 0 Å². The third-order valence-electron chi connectivity index (χ3n) is 6.54. The third kappa shape index (κ3) is 8.51. The maximum absolute atomic E-state index is 12.4. The Hall–Kier alpha value is -4.55. The Balaban J connectivity index is 1.34. The lowest BCUT2D eigenvalue weighted by Gasteiger charge is -2.28. The summed E-state index contributed by atoms with van der Waals surface area (Å²) in [6.07, 6.45) is 0.446. The Morgan fingerprint density at radius 2 is 1.86 bits per heavy atom. The number of nitrogens with one attached hydrogen (secondary N) is 3. The number of benzene rings is 3. The molecule has 12 heteroatoms. The zero-order valence-corrected chi connectivity index (χ0v) is 26.4. The number of aliphatic hydroxyl groups is 1. The molecule has 0 radical (unpaired) electrons. The topological polar surface area (TPSA) is 140 Å². The van der Waals surface area contributed by atoms with Gasteiger partial charge in [0.1, 0.15) is 19.0 Å². The molecule has 2 amide bonds. The monoisotopic (exact) mass is 666 g/mol. The van der Waals surface area contributed by atoms with E-state index in [9.17, 15) is 14.7 Å². The molecule has 4 rings (SSSR count). The van der Waals surface area contributed by atoms with Gasteiger partial charge in [-0.2, -0.15) is 5.10 Å². The van der Waals surface area contributed by atoms with Gasteiger partial charge in [0, 0.05) is 5.70 Å². The van der Waals surface area contributed by atoms with Crippen LogP contribution in [0.15, 0.2) is 81.5 Å². The molecule has 1 aliphatic rings. The van der Waals surface area contributed by atoms with E-state index in [-0.39, 0.29) is 12.2 Å². The zero-order chi connectivity index (χ0) is 31.6. The average molecular weight is 668 g/mol. The summed E-state index contributed by atoms with van der Waals surface area (Å²) in [5.74, 6) is 0.885. The molecule has 0 fully saturated rings. The first kappa shape index (κ1) is 32.4. The van der Waals surface area contributed by atoms with Crippen LogP contribution in [0, 0.1) is 6.92 Å². The Bertz CT molecular complexity index is 1560. The van der Waals surface area contributed by atoms with Gasteiger partial charge in [0.15, 0.2) is 17.7 Å². The molecule has 0 aliphatic carbocycles. The van der Waals surface area contributed by atoms with Gasteiger partial charge in [0.05, 0.1) is 36.0 Å². The molecule has 3 aromatic carbocycles. The van der Waals surface area contributed by atoms with Crippen LogP contribution in [-0.2, 0) is 16.1 Å². The number of carbonyl (C=O) groups excluding carboxylic acids is 2. The molecule has 2 atom stereocenters. The van der Waals surface area contributed by atoms with Crippen LogP contribution >= 0.6 is 15.9 Å². The minimum absolute atomic E-state index is 0.136. The van der Waals surface area contributed by atoms with Gasteiger partial charge in [-0.1, -0.05) is 35.9 Å². The van der Waals surface area contributed by atoms with E-state index in [0.717, 1.165) is 15.6 Å². The molecular weight excluding hydrogens is 632 g/mol. The Labute approximate surface area is 264 Å². The van der Waals surface area contributed by atoms with E-state index in [0.29, 0.717) is 41.7 Å². The standard InChI is InChI=1S/C32H35BrN4O7/c1-5-42-27-15-23(30-29(31(39)41-4)20(3)35-32(40)36-30)10-12-26(27)44-18-28(38)37-34-16-21-9-11-25(24(33)14-21)43-17-22-8-6-7-19(2)13-22/h6-16,28,30,37-38H,5,17-18H2,1-4H3,(H2,35,36,40)/b34-16-/t28-,30-/m1/s1. The number of hydrogen-bond acceptors (Lipinski definition) is 9. The van der Waals surface area contributed by atoms with Crippen LogP contribution in [0.2, 0.25) is 0 Å². The first-order valence-corrected chi connectivity index (χ1v) is 14.7. The van der Waals surface area contributed by atoms with Gasteiger partial charge < -0.3 is 34.7 Å². The van der Waals surface area contributed by atoms with Crippen LogP contribution in [0.25, 0.3) is 0 Å². The number of aliphatic hydroxyl groups excluding tert-OH is 1. The fourth-order valence-corrected chi connectivity index (χ4v) is 5.01. The Morgan fingerprint density at radius 3 is 2.59 bits per heavy atom. The molecule has 0 saturated heterocycles. The number of aryl methyl sites for hydroxylation is 1. The highest BCUT2D eigenvalue weighted by molar-refractivity contribution is 9.10. The maximum Gasteiger partial charge on any atom is 0.337 e. The molecule has 1 aliphatic heterocycles. The molecule has 0 saturated carbocycles. The lowest BCUT2D eigenvalue weighted by atomic mass is 9.95. The van der Waals surface area contributed by atoms with Crippen LogP contribution in [0.3, 0.4) is 0 Å². The summed E-state index contributed by atoms with van der Waals surface area (Å²) in [6.45, 7) is 6.15. The first-order valence-electron chi connectivity index (χ1n) is 13.9. The number of hydrogen-bond donors (Lipinski definition) is 4. The van der Waals surface area contributed by atoms with E-state index in [4.69, 9.17) is 18.9 Å². The van der Waals surface area contributed by atoms with Crippen LogP contribution in [-0.4, -0.2) is 49.9 Å². The minimum Gasteiger partial charge on any atom is -0.490 e. The van der Waals surface area contributed by atoms with Crippen LogP contribution in [0.1, 0.15) is 42.1 Å². The summed E-state index contributed by atoms with van der Waals surface area (Å²) in [6, 6.07) is 17.5. The third-order valence-corrected chi connectivity index (χ3v) is 7.16. The summed E-state index contributed by atoms with van der Waals surface area (Å²) >= 11 is 3.54. The summed E-state index contributed by atoms with van der Waals surface area (Å²) in [4.78, 5) is 24.6. The van der Waals surface area contributed by atoms with Gasteiger partial charge in [-0.05, 0) is 83.7 Å². The van der Waals surface area contributed by atoms with Crippen molar-refractivity contribution in [1.82, 2.24) is 16.1 Å². The Kier molecular flexibility index (Phi) is 11.2. The number of methoxy groups -OCH3 is 1. The summed E-state index contributed by atoms with van der Waals surface area (Å²) in [5, 5.41) is 19.9. The number of urea groups is 1. The number of allylic oxidation sites excluding steroid dienone is 1. The lowest BCUT2D eigenvalue weighted by Crippen LogP contribution is -2.45. The molecule has 232 valence electrons. The fraction of sp³-hybridized carbons (Fsp3) is 0.281. The number of rotatable bonds is 13. The summed E-state index contributed by atoms with van der Waals surface area (Å²) < 4.78 is 23.2. The second-order valence-electron chi connectivity index (χ2n) is 9.88. The van der Waals surface area contributed by atoms with Crippen molar-refractivity contribution in [1.29, 1.82) is 0 Å². The van der Waals surface area contributed by atoms with Crippen LogP contribution in [0.4, 0.5) is 4.79 Å². The highest BCUT2D eigenvalue weighted by atomic mass is 79.9. The predicted octanol–water partition coefficient (Wildman–Crippen LogP) is 4.86. The first-order chi connectivity index (χ1) is 21.2. The van der Waals surface area contributed by atoms with Gasteiger partial charge in [0.2, 0.25) is 0 Å². The Morgan fingerprint density at radius 1 is 1.07 bits per heavy atom. The zero-order valence-electron chi connectivity index (χ0n) is 24.8. The van der Waals surface area contributed by atoms with Crippen molar-refractivity contribution >= 4 is 34.1 Å². The molecule has 3 aromatic rings. The number of ether oxygens (including phenoxy) is 4. The molecule has 0 aromatic heterocycles. The van der Waals surface area contributed by atoms with Crippen LogP contribution in [0.5, 0.6) is 17.2 Å². The van der Waals surface area contributed by atoms with Crippen molar-refractivity contribution in [3.05, 3.63) is 98.7 Å². The van der Waals surface area contributed by atoms with Crippen molar-refractivity contribution < 1.29 is 33.6 Å². The van der Waals surface area contributed by atoms with Crippen molar-refractivity contribution in [2.45, 2.75) is 39.6 Å². The second kappa shape index (κ2) is 15.3. The number of hydrazone groups is 1. The smallest absolute Gasteiger partial charge is 0.337 e. The number of esters is 1. The van der Waals surface area contributed by atoms with Gasteiger partial charge >= 0.3 is 12.0 Å². The van der Waals surface area contributed by atoms with E-state index in [2.05, 4.69) is 43.2 Å². The van der Waals surface area contributed by atoms with E-state index in [1.165, 1.54) is 12.7 Å². The van der Waals surface area contributed by atoms with Crippen molar-refractivity contribution in [3.8, 4) is 17.2 Å². The second-order valence-corrected chi connectivity index (χ2v) is 10.7. The normalized spacial score (nSPS) is 15.3. The molecule has 0 spiro atoms. The highest BCUT2D eigenvalue weighted by Crippen LogP contribution is 2.35. The largest absolute Gasteiger partial charge is 0.490 e. The van der Waals surface area contributed by atoms with E-state index in [1.54, 1.807) is 31.3 Å². The molecule has 11 nitrogen and oxygen atoms in total. The van der Waals surface area contributed by atoms with Gasteiger partial charge in [-0.25, -0.2) is 9.59 Å². The average Bonchev–Trinajstić information content (AvgIpc) is 2.99. The molecule has 0 bridgehead atoms. The predicted molar refractivity (Wildman–Crippen MR) is 169 cm³/mol. The molecule has 44 heavy (non-hydrogen) atoms. The maximum atomic E-state index is 12.4. The van der Waals surface area contributed by atoms with E-state index < -0.39 is 24.3 Å². The quantitative estimate of drug-likeness (QED) is 0.0878. The number of halogens is 1. The van der Waals surface area contributed by atoms with E-state index >= 15 is 0 Å². The molecule has 1 heterocycles. The van der Waals surface area contributed by atoms with Crippen molar-refractivity contribution in [3.63, 3.8) is 0 Å². The molecular formula is C32H35BrN4O7. The summed E-state index contributed by atoms with van der Waals surface area (Å²) in [5.41, 5.74) is 6.95. The molecule has 0 unspecified atom stereocenters. The van der Waals surface area contributed by atoms with Gasteiger partial charge in [-0.15, -0.1) is 0 Å². The molecule has 4 N–H and O–H groups in total. The highest BCUT2D eigenvalue weighted by Gasteiger charge is 2.32. The van der Waals surface area contributed by atoms with Crippen molar-refractivity contribution in [2.24, 2.45) is 5.10 Å². The number of carbonyl (C=O) groups is 2. The fourth-order valence-electron chi connectivity index (χ4n) is 4.50. The van der Waals surface area contributed by atoms with Crippen molar-refractivity contribution in [2.75, 3.05) is 20.3 Å². The lowest BCUT2D eigenvalue weighted by molar-refractivity contribution is -0.136.